The van der Waals surface area contributed by atoms with Crippen molar-refractivity contribution in [2.75, 3.05) is 16.2 Å². The van der Waals surface area contributed by atoms with Gasteiger partial charge in [0, 0.05) is 18.3 Å². The highest BCUT2D eigenvalue weighted by Crippen LogP contribution is 2.21. The summed E-state index contributed by atoms with van der Waals surface area (Å²) >= 11 is 4.12. The monoisotopic (exact) mass is 376 g/mol. The lowest BCUT2D eigenvalue weighted by Crippen LogP contribution is -2.34. The number of benzene rings is 1. The summed E-state index contributed by atoms with van der Waals surface area (Å²) in [6.07, 6.45) is 1.44. The standard InChI is InChI=1S/C16H14F2N6OS/c1-2-19-16(25)24(26)14-6-5-12-15(23-14)22-13(8-20-12)21-9-3-4-10(17)11(18)7-9/h3-8,26H,2H2,1H3,(H,19,25)(H,21,22,23). The smallest absolute Gasteiger partial charge is 0.333 e. The molecule has 0 atom stereocenters. The van der Waals surface area contributed by atoms with E-state index in [0.717, 1.165) is 16.4 Å². The SMILES string of the molecule is CCNC(=O)N(S)c1ccc2ncc(Nc3ccc(F)c(F)c3)nc2n1. The second-order valence-electron chi connectivity index (χ2n) is 5.17. The van der Waals surface area contributed by atoms with E-state index in [1.807, 2.05) is 0 Å². The Hall–Kier alpha value is -3.01. The van der Waals surface area contributed by atoms with Gasteiger partial charge in [-0.15, -0.1) is 0 Å². The van der Waals surface area contributed by atoms with Crippen LogP contribution in [0.25, 0.3) is 11.2 Å². The molecule has 2 amide bonds. The Morgan fingerprint density at radius 1 is 1.19 bits per heavy atom. The molecule has 0 aliphatic rings. The second-order valence-corrected chi connectivity index (χ2v) is 5.57. The first-order valence-corrected chi connectivity index (χ1v) is 8.00. The third-order valence-electron chi connectivity index (χ3n) is 3.32. The first-order valence-electron chi connectivity index (χ1n) is 7.60. The molecule has 0 unspecified atom stereocenters. The van der Waals surface area contributed by atoms with E-state index in [0.29, 0.717) is 17.7 Å². The predicted molar refractivity (Wildman–Crippen MR) is 97.5 cm³/mol. The highest BCUT2D eigenvalue weighted by Gasteiger charge is 2.13. The van der Waals surface area contributed by atoms with Crippen molar-refractivity contribution in [2.24, 2.45) is 0 Å². The van der Waals surface area contributed by atoms with Crippen LogP contribution >= 0.6 is 12.8 Å². The Morgan fingerprint density at radius 2 is 2.00 bits per heavy atom. The maximum atomic E-state index is 13.3. The zero-order chi connectivity index (χ0) is 18.7. The molecular formula is C16H14F2N6OS. The van der Waals surface area contributed by atoms with Crippen LogP contribution in [0.1, 0.15) is 6.92 Å². The average molecular weight is 376 g/mol. The minimum Gasteiger partial charge on any atom is -0.339 e. The fraction of sp³-hybridized carbons (Fsp3) is 0.125. The predicted octanol–water partition coefficient (Wildman–Crippen LogP) is 3.43. The Morgan fingerprint density at radius 3 is 2.73 bits per heavy atom. The van der Waals surface area contributed by atoms with Crippen LogP contribution in [0.5, 0.6) is 0 Å². The van der Waals surface area contributed by atoms with Gasteiger partial charge in [0.15, 0.2) is 23.1 Å². The Balaban J connectivity index is 1.89. The Labute approximate surface area is 153 Å². The van der Waals surface area contributed by atoms with Gasteiger partial charge in [0.2, 0.25) is 0 Å². The molecule has 3 rings (SSSR count). The van der Waals surface area contributed by atoms with Gasteiger partial charge < -0.3 is 10.6 Å². The van der Waals surface area contributed by atoms with Gasteiger partial charge in [0.05, 0.1) is 6.20 Å². The van der Waals surface area contributed by atoms with Crippen LogP contribution in [0.4, 0.5) is 30.9 Å². The van der Waals surface area contributed by atoms with Crippen molar-refractivity contribution in [2.45, 2.75) is 6.92 Å². The summed E-state index contributed by atoms with van der Waals surface area (Å²) in [6, 6.07) is 6.20. The summed E-state index contributed by atoms with van der Waals surface area (Å²) in [5.74, 6) is -1.36. The summed E-state index contributed by atoms with van der Waals surface area (Å²) < 4.78 is 27.4. The number of halogens is 2. The molecule has 0 bridgehead atoms. The number of nitrogens with zero attached hydrogens (tertiary/aromatic N) is 4. The van der Waals surface area contributed by atoms with Crippen molar-refractivity contribution < 1.29 is 13.6 Å². The molecule has 2 heterocycles. The minimum absolute atomic E-state index is 0.262. The molecule has 2 N–H and O–H groups in total. The number of aromatic nitrogens is 3. The minimum atomic E-state index is -0.975. The van der Waals surface area contributed by atoms with Crippen LogP contribution in [-0.2, 0) is 0 Å². The summed E-state index contributed by atoms with van der Waals surface area (Å²) in [6.45, 7) is 2.24. The molecule has 134 valence electrons. The lowest BCUT2D eigenvalue weighted by Gasteiger charge is -2.15. The van der Waals surface area contributed by atoms with Gasteiger partial charge in [-0.25, -0.2) is 32.8 Å². The average Bonchev–Trinajstić information content (AvgIpc) is 2.63. The van der Waals surface area contributed by atoms with Gasteiger partial charge >= 0.3 is 6.03 Å². The normalized spacial score (nSPS) is 10.6. The van der Waals surface area contributed by atoms with E-state index in [2.05, 4.69) is 38.4 Å². The lowest BCUT2D eigenvalue weighted by atomic mass is 10.3. The van der Waals surface area contributed by atoms with Crippen molar-refractivity contribution >= 4 is 47.3 Å². The molecule has 0 fully saturated rings. The number of thiol groups is 1. The van der Waals surface area contributed by atoms with Gasteiger partial charge in [-0.3, -0.25) is 0 Å². The van der Waals surface area contributed by atoms with E-state index >= 15 is 0 Å². The van der Waals surface area contributed by atoms with Gasteiger partial charge in [-0.05, 0) is 31.2 Å². The van der Waals surface area contributed by atoms with Crippen molar-refractivity contribution in [1.82, 2.24) is 20.3 Å². The van der Waals surface area contributed by atoms with Gasteiger partial charge in [0.25, 0.3) is 0 Å². The fourth-order valence-electron chi connectivity index (χ4n) is 2.12. The van der Waals surface area contributed by atoms with Crippen molar-refractivity contribution in [3.8, 4) is 0 Å². The molecule has 26 heavy (non-hydrogen) atoms. The lowest BCUT2D eigenvalue weighted by molar-refractivity contribution is 0.250. The quantitative estimate of drug-likeness (QED) is 0.608. The highest BCUT2D eigenvalue weighted by molar-refractivity contribution is 7.82. The number of anilines is 3. The molecule has 2 aromatic heterocycles. The molecule has 0 saturated carbocycles. The molecule has 1 aromatic carbocycles. The molecular weight excluding hydrogens is 362 g/mol. The second kappa shape index (κ2) is 7.48. The third kappa shape index (κ3) is 3.80. The number of hydrogen-bond acceptors (Lipinski definition) is 6. The molecule has 0 aliphatic carbocycles. The van der Waals surface area contributed by atoms with Crippen LogP contribution in [0.2, 0.25) is 0 Å². The van der Waals surface area contributed by atoms with Gasteiger partial charge in [-0.2, -0.15) is 0 Å². The fourth-order valence-corrected chi connectivity index (χ4v) is 2.30. The number of nitrogens with one attached hydrogen (secondary N) is 2. The zero-order valence-corrected chi connectivity index (χ0v) is 14.5. The number of fused-ring (bicyclic) bond motifs is 1. The van der Waals surface area contributed by atoms with Crippen molar-refractivity contribution in [3.63, 3.8) is 0 Å². The zero-order valence-electron chi connectivity index (χ0n) is 13.6. The summed E-state index contributed by atoms with van der Waals surface area (Å²) in [5, 5.41) is 5.43. The van der Waals surface area contributed by atoms with E-state index in [4.69, 9.17) is 0 Å². The Kier molecular flexibility index (Phi) is 5.12. The molecule has 0 spiro atoms. The topological polar surface area (TPSA) is 83.0 Å². The number of carbonyl (C=O) groups is 1. The molecule has 0 aliphatic heterocycles. The number of urea groups is 1. The number of amides is 2. The van der Waals surface area contributed by atoms with E-state index in [1.165, 1.54) is 12.3 Å². The molecule has 7 nitrogen and oxygen atoms in total. The van der Waals surface area contributed by atoms with Crippen molar-refractivity contribution in [3.05, 3.63) is 48.2 Å². The maximum absolute atomic E-state index is 13.3. The third-order valence-corrected chi connectivity index (χ3v) is 3.71. The van der Waals surface area contributed by atoms with E-state index in [9.17, 15) is 13.6 Å². The molecule has 0 radical (unpaired) electrons. The number of rotatable bonds is 4. The highest BCUT2D eigenvalue weighted by atomic mass is 32.1. The first kappa shape index (κ1) is 17.8. The number of hydrogen-bond donors (Lipinski definition) is 3. The van der Waals surface area contributed by atoms with Crippen molar-refractivity contribution in [1.29, 1.82) is 0 Å². The van der Waals surface area contributed by atoms with Crippen LogP contribution in [0.15, 0.2) is 36.5 Å². The Bertz CT molecular complexity index is 971. The van der Waals surface area contributed by atoms with E-state index < -0.39 is 17.7 Å². The van der Waals surface area contributed by atoms with Gasteiger partial charge in [0.1, 0.15) is 11.3 Å². The van der Waals surface area contributed by atoms with E-state index in [-0.39, 0.29) is 17.3 Å². The van der Waals surface area contributed by atoms with Gasteiger partial charge in [-0.1, -0.05) is 12.8 Å². The van der Waals surface area contributed by atoms with E-state index in [1.54, 1.807) is 19.1 Å². The number of carbonyl (C=O) groups excluding carboxylic acids is 1. The summed E-state index contributed by atoms with van der Waals surface area (Å²) in [5.41, 5.74) is 1.08. The summed E-state index contributed by atoms with van der Waals surface area (Å²) in [7, 11) is 0. The van der Waals surface area contributed by atoms with Crippen LogP contribution in [-0.4, -0.2) is 27.5 Å². The molecule has 10 heteroatoms. The first-order chi connectivity index (χ1) is 12.5. The van der Waals surface area contributed by atoms with Crippen LogP contribution in [0.3, 0.4) is 0 Å². The number of pyridine rings is 1. The largest absolute Gasteiger partial charge is 0.339 e. The van der Waals surface area contributed by atoms with Crippen LogP contribution < -0.4 is 14.9 Å². The van der Waals surface area contributed by atoms with Crippen LogP contribution in [0, 0.1) is 11.6 Å². The maximum Gasteiger partial charge on any atom is 0.333 e. The molecule has 3 aromatic rings. The summed E-state index contributed by atoms with van der Waals surface area (Å²) in [4.78, 5) is 24.6. The molecule has 0 saturated heterocycles.